The zero-order valence-corrected chi connectivity index (χ0v) is 16.1. The van der Waals surface area contributed by atoms with E-state index in [1.165, 1.54) is 14.6 Å². The second-order valence-corrected chi connectivity index (χ2v) is 7.97. The van der Waals surface area contributed by atoms with E-state index in [1.54, 1.807) is 24.4 Å². The summed E-state index contributed by atoms with van der Waals surface area (Å²) in [6.45, 7) is 1.97. The zero-order valence-electron chi connectivity index (χ0n) is 14.5. The van der Waals surface area contributed by atoms with E-state index < -0.39 is 16.5 Å². The lowest BCUT2D eigenvalue weighted by Crippen LogP contribution is -2.18. The minimum absolute atomic E-state index is 0.0617. The number of pyridine rings is 1. The normalized spacial score (nSPS) is 12.8. The fourth-order valence-corrected chi connectivity index (χ4v) is 4.40. The van der Waals surface area contributed by atoms with E-state index in [0.29, 0.717) is 27.1 Å². The van der Waals surface area contributed by atoms with Crippen molar-refractivity contribution in [3.63, 3.8) is 0 Å². The number of aromatic nitrogens is 5. The van der Waals surface area contributed by atoms with Crippen molar-refractivity contribution in [1.29, 1.82) is 0 Å². The van der Waals surface area contributed by atoms with E-state index >= 15 is 0 Å². The third kappa shape index (κ3) is 2.45. The summed E-state index contributed by atoms with van der Waals surface area (Å²) >= 11 is 6.31. The van der Waals surface area contributed by atoms with Crippen molar-refractivity contribution in [2.24, 2.45) is 0 Å². The Bertz CT molecular complexity index is 1470. The third-order valence-electron chi connectivity index (χ3n) is 4.48. The minimum Gasteiger partial charge on any atom is -0.266 e. The summed E-state index contributed by atoms with van der Waals surface area (Å²) in [7, 11) is -1.51. The molecule has 5 rings (SSSR count). The van der Waals surface area contributed by atoms with Crippen LogP contribution in [0.15, 0.2) is 64.5 Å². The van der Waals surface area contributed by atoms with E-state index in [4.69, 9.17) is 11.6 Å². The van der Waals surface area contributed by atoms with Crippen molar-refractivity contribution in [3.8, 4) is 0 Å². The van der Waals surface area contributed by atoms with Gasteiger partial charge in [-0.25, -0.2) is 22.5 Å². The number of fused-ring (bicyclic) bond motifs is 4. The van der Waals surface area contributed by atoms with Crippen molar-refractivity contribution >= 4 is 50.3 Å². The molecule has 0 saturated heterocycles. The van der Waals surface area contributed by atoms with Gasteiger partial charge in [-0.15, -0.1) is 0 Å². The van der Waals surface area contributed by atoms with Crippen LogP contribution >= 0.6 is 11.6 Å². The van der Waals surface area contributed by atoms with Gasteiger partial charge in [0.05, 0.1) is 15.8 Å². The van der Waals surface area contributed by atoms with Gasteiger partial charge in [-0.1, -0.05) is 17.7 Å². The highest BCUT2D eigenvalue weighted by molar-refractivity contribution is 7.83. The second-order valence-electron chi connectivity index (χ2n) is 6.27. The molecule has 28 heavy (non-hydrogen) atoms. The molecule has 0 radical (unpaired) electrons. The van der Waals surface area contributed by atoms with Crippen molar-refractivity contribution in [2.45, 2.75) is 11.8 Å². The van der Waals surface area contributed by atoms with Gasteiger partial charge in [-0.2, -0.15) is 4.98 Å². The number of nitrogens with zero attached hydrogens (tertiary/aromatic N) is 5. The van der Waals surface area contributed by atoms with E-state index in [-0.39, 0.29) is 10.8 Å². The van der Waals surface area contributed by atoms with Crippen LogP contribution in [0.2, 0.25) is 5.28 Å². The molecule has 5 aromatic rings. The summed E-state index contributed by atoms with van der Waals surface area (Å²) in [6.07, 6.45) is 3.18. The number of hydrogen-bond donors (Lipinski definition) is 0. The first-order valence-electron chi connectivity index (χ1n) is 8.37. The monoisotopic (exact) mass is 409 g/mol. The zero-order chi connectivity index (χ0) is 19.4. The fourth-order valence-electron chi connectivity index (χ4n) is 3.10. The molecule has 4 heterocycles. The molecule has 0 aliphatic rings. The van der Waals surface area contributed by atoms with Crippen molar-refractivity contribution in [1.82, 2.24) is 23.3 Å². The average molecular weight is 410 g/mol. The van der Waals surface area contributed by atoms with Gasteiger partial charge in [-0.05, 0) is 48.9 Å². The van der Waals surface area contributed by atoms with Gasteiger partial charge in [0.15, 0.2) is 27.8 Å². The summed E-state index contributed by atoms with van der Waals surface area (Å²) in [5.41, 5.74) is 2.09. The minimum atomic E-state index is -1.51. The molecular weight excluding hydrogens is 398 g/mol. The number of benzene rings is 1. The van der Waals surface area contributed by atoms with Gasteiger partial charge in [0, 0.05) is 12.4 Å². The maximum atomic E-state index is 13.1. The smallest absolute Gasteiger partial charge is 0.266 e. The predicted molar refractivity (Wildman–Crippen MR) is 108 cm³/mol. The molecule has 0 aliphatic heterocycles. The van der Waals surface area contributed by atoms with E-state index in [9.17, 15) is 9.00 Å². The molecule has 4 aromatic heterocycles. The molecular formula is C19H12ClN5O2S. The van der Waals surface area contributed by atoms with Crippen LogP contribution in [-0.4, -0.2) is 27.5 Å². The number of aryl methyl sites for hydroxylation is 1. The Hall–Kier alpha value is -3.10. The highest BCUT2D eigenvalue weighted by atomic mass is 35.5. The molecule has 0 fully saturated rings. The lowest BCUT2D eigenvalue weighted by Gasteiger charge is -2.08. The quantitative estimate of drug-likeness (QED) is 0.330. The molecule has 1 aromatic carbocycles. The van der Waals surface area contributed by atoms with E-state index in [0.717, 1.165) is 5.56 Å². The molecule has 7 nitrogen and oxygen atoms in total. The second kappa shape index (κ2) is 6.22. The molecule has 0 bridgehead atoms. The lowest BCUT2D eigenvalue weighted by atomic mass is 10.2. The first kappa shape index (κ1) is 17.0. The summed E-state index contributed by atoms with van der Waals surface area (Å²) in [5, 5.41) is 0.515. The highest BCUT2D eigenvalue weighted by Gasteiger charge is 2.18. The van der Waals surface area contributed by atoms with Crippen LogP contribution in [0.3, 0.4) is 0 Å². The molecule has 0 aliphatic carbocycles. The topological polar surface area (TPSA) is 82.1 Å². The molecule has 9 heteroatoms. The van der Waals surface area contributed by atoms with Crippen LogP contribution in [-0.2, 0) is 11.0 Å². The Balaban J connectivity index is 1.82. The van der Waals surface area contributed by atoms with Crippen LogP contribution in [0, 0.1) is 6.92 Å². The predicted octanol–water partition coefficient (Wildman–Crippen LogP) is 3.13. The van der Waals surface area contributed by atoms with Crippen molar-refractivity contribution < 1.29 is 4.21 Å². The Kier molecular flexibility index (Phi) is 3.78. The van der Waals surface area contributed by atoms with Crippen LogP contribution in [0.4, 0.5) is 0 Å². The van der Waals surface area contributed by atoms with Gasteiger partial charge < -0.3 is 0 Å². The molecule has 1 unspecified atom stereocenters. The van der Waals surface area contributed by atoms with Gasteiger partial charge >= 0.3 is 0 Å². The van der Waals surface area contributed by atoms with Crippen LogP contribution in [0.1, 0.15) is 5.56 Å². The van der Waals surface area contributed by atoms with Crippen LogP contribution in [0.5, 0.6) is 0 Å². The Morgan fingerprint density at radius 1 is 1.04 bits per heavy atom. The summed E-state index contributed by atoms with van der Waals surface area (Å²) in [4.78, 5) is 26.4. The first-order valence-corrected chi connectivity index (χ1v) is 9.86. The summed E-state index contributed by atoms with van der Waals surface area (Å²) in [6, 6.07) is 12.6. The van der Waals surface area contributed by atoms with Crippen molar-refractivity contribution in [3.05, 3.63) is 76.1 Å². The third-order valence-corrected chi connectivity index (χ3v) is 6.06. The number of rotatable bonds is 2. The Morgan fingerprint density at radius 3 is 2.61 bits per heavy atom. The average Bonchev–Trinajstić information content (AvgIpc) is 3.12. The molecule has 0 amide bonds. The molecule has 138 valence electrons. The van der Waals surface area contributed by atoms with Gasteiger partial charge in [0.2, 0.25) is 5.28 Å². The highest BCUT2D eigenvalue weighted by Crippen LogP contribution is 2.24. The molecule has 0 saturated carbocycles. The van der Waals surface area contributed by atoms with Gasteiger partial charge in [0.25, 0.3) is 5.56 Å². The first-order chi connectivity index (χ1) is 13.5. The summed E-state index contributed by atoms with van der Waals surface area (Å²) < 4.78 is 15.8. The molecule has 1 atom stereocenters. The SMILES string of the molecule is Cc1ccc(S(=O)n2ccc3c2nc(Cl)n2c(=O)c4ncccc4nc32)cc1. The van der Waals surface area contributed by atoms with Gasteiger partial charge in [-0.3, -0.25) is 4.79 Å². The standard InChI is InChI=1S/C19H12ClN5O2S/c1-11-4-6-12(7-5-11)28(27)24-10-8-13-16(24)23-19(20)25-17(13)22-14-3-2-9-21-15(14)18(25)26/h2-10H,1H3. The Morgan fingerprint density at radius 2 is 1.82 bits per heavy atom. The largest absolute Gasteiger partial charge is 0.286 e. The fraction of sp³-hybridized carbons (Fsp3) is 0.0526. The van der Waals surface area contributed by atoms with Gasteiger partial charge in [0.1, 0.15) is 0 Å². The maximum absolute atomic E-state index is 13.1. The van der Waals surface area contributed by atoms with Crippen LogP contribution < -0.4 is 5.56 Å². The number of hydrogen-bond acceptors (Lipinski definition) is 5. The lowest BCUT2D eigenvalue weighted by molar-refractivity contribution is 0.678. The Labute approximate surface area is 165 Å². The molecule has 0 spiro atoms. The maximum Gasteiger partial charge on any atom is 0.286 e. The van der Waals surface area contributed by atoms with Crippen molar-refractivity contribution in [2.75, 3.05) is 0 Å². The van der Waals surface area contributed by atoms with E-state index in [2.05, 4.69) is 15.0 Å². The van der Waals surface area contributed by atoms with E-state index in [1.807, 2.05) is 31.2 Å². The number of halogens is 1. The van der Waals surface area contributed by atoms with Crippen LogP contribution in [0.25, 0.3) is 27.7 Å². The molecule has 0 N–H and O–H groups in total. The summed E-state index contributed by atoms with van der Waals surface area (Å²) in [5.74, 6) is 0.